The Morgan fingerprint density at radius 1 is 0.536 bits per heavy atom. The van der Waals surface area contributed by atoms with E-state index in [-0.39, 0.29) is 34.1 Å². The van der Waals surface area contributed by atoms with Crippen LogP contribution < -0.4 is 0 Å². The lowest BCUT2D eigenvalue weighted by Gasteiger charge is -1.95. The Morgan fingerprint density at radius 2 is 0.893 bits per heavy atom. The Bertz CT molecular complexity index is 864. The number of aromatic hydroxyl groups is 4. The zero-order chi connectivity index (χ0) is 21.1. The zero-order valence-corrected chi connectivity index (χ0v) is 14.4. The first-order valence-corrected chi connectivity index (χ1v) is 7.73. The smallest absolute Gasteiger partial charge is 0.339 e. The van der Waals surface area contributed by atoms with Crippen molar-refractivity contribution in [2.45, 2.75) is 0 Å². The molecule has 0 spiro atoms. The van der Waals surface area contributed by atoms with Crippen molar-refractivity contribution in [1.29, 1.82) is 0 Å². The number of carbonyl (C=O) groups is 2. The first kappa shape index (κ1) is 21.8. The molecular formula is C20H18O8. The minimum absolute atomic E-state index is 0.0671. The fourth-order valence-electron chi connectivity index (χ4n) is 1.80. The summed E-state index contributed by atoms with van der Waals surface area (Å²) in [5.41, 5.74) is -0.134. The van der Waals surface area contributed by atoms with Gasteiger partial charge in [0.2, 0.25) is 0 Å². The Labute approximate surface area is 159 Å². The summed E-state index contributed by atoms with van der Waals surface area (Å²) in [5.74, 6) is -2.45. The van der Waals surface area contributed by atoms with E-state index in [0.717, 1.165) is 0 Å². The first-order valence-electron chi connectivity index (χ1n) is 7.73. The fraction of sp³-hybridized carbons (Fsp3) is 0. The Morgan fingerprint density at radius 3 is 1.11 bits per heavy atom. The zero-order valence-electron chi connectivity index (χ0n) is 14.4. The minimum atomic E-state index is -1.11. The Hall–Kier alpha value is -4.20. The van der Waals surface area contributed by atoms with Gasteiger partial charge in [-0.25, -0.2) is 9.59 Å². The number of benzene rings is 3. The molecule has 0 heterocycles. The molecule has 3 aromatic rings. The van der Waals surface area contributed by atoms with Gasteiger partial charge in [0.1, 0.15) is 34.1 Å². The summed E-state index contributed by atoms with van der Waals surface area (Å²) in [6.07, 6.45) is 0. The highest BCUT2D eigenvalue weighted by Gasteiger charge is 2.06. The van der Waals surface area contributed by atoms with Crippen LogP contribution in [-0.2, 0) is 0 Å². The van der Waals surface area contributed by atoms with Crippen molar-refractivity contribution < 1.29 is 40.2 Å². The van der Waals surface area contributed by atoms with Crippen LogP contribution in [0.15, 0.2) is 72.8 Å². The summed E-state index contributed by atoms with van der Waals surface area (Å²) in [7, 11) is 0. The minimum Gasteiger partial charge on any atom is -0.508 e. The van der Waals surface area contributed by atoms with E-state index in [1.165, 1.54) is 42.5 Å². The van der Waals surface area contributed by atoms with Crippen LogP contribution in [0.25, 0.3) is 0 Å². The summed E-state index contributed by atoms with van der Waals surface area (Å²) in [4.78, 5) is 20.5. The van der Waals surface area contributed by atoms with Gasteiger partial charge in [0.15, 0.2) is 0 Å². The summed E-state index contributed by atoms with van der Waals surface area (Å²) in [5, 5.41) is 51.9. The number of phenols is 4. The van der Waals surface area contributed by atoms with Crippen molar-refractivity contribution in [3.05, 3.63) is 83.9 Å². The molecule has 0 fully saturated rings. The molecule has 0 aliphatic carbocycles. The number of hydrogen-bond acceptors (Lipinski definition) is 6. The lowest BCUT2D eigenvalue weighted by Crippen LogP contribution is -1.95. The summed E-state index contributed by atoms with van der Waals surface area (Å²) < 4.78 is 0. The van der Waals surface area contributed by atoms with Crippen LogP contribution in [0.5, 0.6) is 23.0 Å². The molecule has 0 radical (unpaired) electrons. The molecule has 0 aliphatic heterocycles. The van der Waals surface area contributed by atoms with E-state index in [0.29, 0.717) is 0 Å². The van der Waals surface area contributed by atoms with Gasteiger partial charge < -0.3 is 30.6 Å². The third-order valence-electron chi connectivity index (χ3n) is 3.10. The van der Waals surface area contributed by atoms with Crippen LogP contribution >= 0.6 is 0 Å². The Balaban J connectivity index is 0.000000212. The van der Waals surface area contributed by atoms with E-state index < -0.39 is 11.9 Å². The number of phenolic OH excluding ortho intramolecular Hbond substituents is 2. The monoisotopic (exact) mass is 386 g/mol. The molecule has 0 bridgehead atoms. The highest BCUT2D eigenvalue weighted by molar-refractivity contribution is 5.91. The van der Waals surface area contributed by atoms with Crippen LogP contribution in [0, 0.1) is 0 Å². The number of carboxylic acids is 2. The van der Waals surface area contributed by atoms with E-state index in [1.54, 1.807) is 30.3 Å². The van der Waals surface area contributed by atoms with Gasteiger partial charge in [-0.1, -0.05) is 30.3 Å². The Kier molecular flexibility index (Phi) is 8.36. The molecule has 6 N–H and O–H groups in total. The van der Waals surface area contributed by atoms with E-state index in [2.05, 4.69) is 0 Å². The van der Waals surface area contributed by atoms with Crippen molar-refractivity contribution in [3.63, 3.8) is 0 Å². The number of hydrogen-bond donors (Lipinski definition) is 6. The van der Waals surface area contributed by atoms with Crippen LogP contribution in [0.4, 0.5) is 0 Å². The summed E-state index contributed by atoms with van der Waals surface area (Å²) in [6, 6.07) is 17.5. The van der Waals surface area contributed by atoms with Gasteiger partial charge in [-0.15, -0.1) is 0 Å². The molecule has 0 unspecified atom stereocenters. The normalized spacial score (nSPS) is 9.14. The molecule has 0 saturated carbocycles. The largest absolute Gasteiger partial charge is 0.508 e. The third kappa shape index (κ3) is 7.36. The van der Waals surface area contributed by atoms with Crippen LogP contribution in [-0.4, -0.2) is 42.6 Å². The maximum atomic E-state index is 10.3. The van der Waals surface area contributed by atoms with Gasteiger partial charge in [0.25, 0.3) is 0 Å². The van der Waals surface area contributed by atoms with Crippen molar-refractivity contribution in [2.75, 3.05) is 0 Å². The van der Waals surface area contributed by atoms with Gasteiger partial charge in [-0.05, 0) is 36.4 Å². The molecule has 0 saturated heterocycles. The molecule has 3 aromatic carbocycles. The lowest BCUT2D eigenvalue weighted by molar-refractivity contribution is 0.0682. The summed E-state index contributed by atoms with van der Waals surface area (Å²) in [6.45, 7) is 0. The molecule has 8 heteroatoms. The van der Waals surface area contributed by atoms with Crippen LogP contribution in [0.1, 0.15) is 20.7 Å². The third-order valence-corrected chi connectivity index (χ3v) is 3.10. The van der Waals surface area contributed by atoms with Crippen LogP contribution in [0.2, 0.25) is 0 Å². The molecule has 0 aromatic heterocycles. The van der Waals surface area contributed by atoms with Gasteiger partial charge >= 0.3 is 11.9 Å². The van der Waals surface area contributed by atoms with E-state index in [9.17, 15) is 9.59 Å². The predicted molar refractivity (Wildman–Crippen MR) is 99.9 cm³/mol. The number of para-hydroxylation sites is 2. The summed E-state index contributed by atoms with van der Waals surface area (Å²) >= 11 is 0. The van der Waals surface area contributed by atoms with E-state index in [1.807, 2.05) is 0 Å². The maximum Gasteiger partial charge on any atom is 0.339 e. The van der Waals surface area contributed by atoms with E-state index in [4.69, 9.17) is 30.6 Å². The molecule has 3 rings (SSSR count). The molecule has 0 atom stereocenters. The topological polar surface area (TPSA) is 156 Å². The van der Waals surface area contributed by atoms with Crippen molar-refractivity contribution in [2.24, 2.45) is 0 Å². The molecular weight excluding hydrogens is 368 g/mol. The van der Waals surface area contributed by atoms with Gasteiger partial charge in [-0.3, -0.25) is 0 Å². The van der Waals surface area contributed by atoms with Gasteiger partial charge in [-0.2, -0.15) is 0 Å². The van der Waals surface area contributed by atoms with Gasteiger partial charge in [0.05, 0.1) is 0 Å². The van der Waals surface area contributed by atoms with Crippen molar-refractivity contribution in [3.8, 4) is 23.0 Å². The average Bonchev–Trinajstić information content (AvgIpc) is 2.63. The quantitative estimate of drug-likeness (QED) is 0.392. The molecule has 0 aliphatic rings. The first-order chi connectivity index (χ1) is 13.2. The molecule has 28 heavy (non-hydrogen) atoms. The second kappa shape index (κ2) is 10.7. The highest BCUT2D eigenvalue weighted by Crippen LogP contribution is 2.16. The van der Waals surface area contributed by atoms with Crippen molar-refractivity contribution in [1.82, 2.24) is 0 Å². The second-order valence-electron chi connectivity index (χ2n) is 5.16. The SMILES string of the molecule is O=C(O)c1ccccc1O.O=C(O)c1ccccc1O.Oc1cccc(O)c1. The number of aromatic carboxylic acids is 2. The molecule has 146 valence electrons. The second-order valence-corrected chi connectivity index (χ2v) is 5.16. The predicted octanol–water partition coefficient (Wildman–Crippen LogP) is 3.28. The molecule has 0 amide bonds. The average molecular weight is 386 g/mol. The number of rotatable bonds is 2. The van der Waals surface area contributed by atoms with Gasteiger partial charge in [0, 0.05) is 6.07 Å². The lowest BCUT2D eigenvalue weighted by atomic mass is 10.2. The fourth-order valence-corrected chi connectivity index (χ4v) is 1.80. The standard InChI is InChI=1S/2C7H6O3.C6H6O2/c2*8-6-4-2-1-3-5(6)7(9)10;7-5-2-1-3-6(8)4-5/h2*1-4,8H,(H,9,10);1-4,7-8H. The van der Waals surface area contributed by atoms with Crippen molar-refractivity contribution >= 4 is 11.9 Å². The number of carboxylic acid groups (broad SMARTS) is 2. The highest BCUT2D eigenvalue weighted by atomic mass is 16.4. The molecule has 8 nitrogen and oxygen atoms in total. The van der Waals surface area contributed by atoms with E-state index >= 15 is 0 Å². The maximum absolute atomic E-state index is 10.3. The van der Waals surface area contributed by atoms with Crippen LogP contribution in [0.3, 0.4) is 0 Å².